The number of anilines is 1. The van der Waals surface area contributed by atoms with Gasteiger partial charge in [-0.15, -0.1) is 0 Å². The van der Waals surface area contributed by atoms with E-state index < -0.39 is 0 Å². The lowest BCUT2D eigenvalue weighted by molar-refractivity contribution is 0.102. The second kappa shape index (κ2) is 5.74. The first kappa shape index (κ1) is 14.1. The Kier molecular flexibility index (Phi) is 4.24. The van der Waals surface area contributed by atoms with Gasteiger partial charge < -0.3 is 5.32 Å². The van der Waals surface area contributed by atoms with E-state index in [4.69, 9.17) is 34.8 Å². The van der Waals surface area contributed by atoms with Gasteiger partial charge in [0.1, 0.15) is 12.0 Å². The molecule has 19 heavy (non-hydrogen) atoms. The highest BCUT2D eigenvalue weighted by Crippen LogP contribution is 2.26. The highest BCUT2D eigenvalue weighted by atomic mass is 35.5. The van der Waals surface area contributed by atoms with Gasteiger partial charge >= 0.3 is 0 Å². The van der Waals surface area contributed by atoms with Crippen LogP contribution in [0.25, 0.3) is 0 Å². The fourth-order valence-electron chi connectivity index (χ4n) is 1.51. The molecule has 0 spiro atoms. The minimum atomic E-state index is -0.354. The van der Waals surface area contributed by atoms with Crippen molar-refractivity contribution in [3.05, 3.63) is 51.0 Å². The van der Waals surface area contributed by atoms with E-state index >= 15 is 0 Å². The van der Waals surface area contributed by atoms with E-state index in [2.05, 4.69) is 15.3 Å². The van der Waals surface area contributed by atoms with Gasteiger partial charge in [0.15, 0.2) is 10.3 Å². The number of hydrogen-bond donors (Lipinski definition) is 1. The number of aryl methyl sites for hydroxylation is 1. The molecule has 0 aliphatic rings. The van der Waals surface area contributed by atoms with Crippen LogP contribution in [0, 0.1) is 6.92 Å². The van der Waals surface area contributed by atoms with Crippen LogP contribution in [0.15, 0.2) is 24.5 Å². The number of hydrogen-bond acceptors (Lipinski definition) is 3. The number of nitrogens with one attached hydrogen (secondary N) is 1. The molecule has 2 aromatic rings. The Morgan fingerprint density at radius 1 is 1.16 bits per heavy atom. The molecular weight excluding hydrogens is 309 g/mol. The standard InChI is InChI=1S/C12H8Cl3N3O/c1-6-4-7(13)2-3-8(6)12(19)18-9-10(14)16-5-17-11(9)15/h2-5H,1H3,(H,18,19). The lowest BCUT2D eigenvalue weighted by atomic mass is 10.1. The van der Waals surface area contributed by atoms with Crippen LogP contribution in [-0.4, -0.2) is 15.9 Å². The fraction of sp³-hybridized carbons (Fsp3) is 0.0833. The van der Waals surface area contributed by atoms with Crippen molar-refractivity contribution >= 4 is 46.4 Å². The second-order valence-electron chi connectivity index (χ2n) is 3.74. The van der Waals surface area contributed by atoms with Crippen molar-refractivity contribution < 1.29 is 4.79 Å². The molecule has 2 rings (SSSR count). The molecule has 1 amide bonds. The van der Waals surface area contributed by atoms with Crippen LogP contribution >= 0.6 is 34.8 Å². The Morgan fingerprint density at radius 2 is 1.79 bits per heavy atom. The van der Waals surface area contributed by atoms with Crippen molar-refractivity contribution in [2.24, 2.45) is 0 Å². The molecule has 0 bridgehead atoms. The number of aromatic nitrogens is 2. The van der Waals surface area contributed by atoms with Gasteiger partial charge in [-0.2, -0.15) is 0 Å². The third kappa shape index (κ3) is 3.15. The van der Waals surface area contributed by atoms with Crippen molar-refractivity contribution in [2.45, 2.75) is 6.92 Å². The molecule has 1 aromatic heterocycles. The summed E-state index contributed by atoms with van der Waals surface area (Å²) in [6, 6.07) is 4.95. The molecule has 1 heterocycles. The minimum absolute atomic E-state index is 0.0833. The Labute approximate surface area is 124 Å². The third-order valence-electron chi connectivity index (χ3n) is 2.43. The van der Waals surface area contributed by atoms with Crippen LogP contribution in [0.4, 0.5) is 5.69 Å². The summed E-state index contributed by atoms with van der Waals surface area (Å²) in [4.78, 5) is 19.6. The SMILES string of the molecule is Cc1cc(Cl)ccc1C(=O)Nc1c(Cl)ncnc1Cl. The number of benzene rings is 1. The third-order valence-corrected chi connectivity index (χ3v) is 3.23. The lowest BCUT2D eigenvalue weighted by Crippen LogP contribution is -2.14. The predicted octanol–water partition coefficient (Wildman–Crippen LogP) is 4.00. The number of carbonyl (C=O) groups excluding carboxylic acids is 1. The molecule has 98 valence electrons. The van der Waals surface area contributed by atoms with Crippen LogP contribution in [-0.2, 0) is 0 Å². The largest absolute Gasteiger partial charge is 0.317 e. The van der Waals surface area contributed by atoms with Crippen LogP contribution in [0.1, 0.15) is 15.9 Å². The topological polar surface area (TPSA) is 54.9 Å². The van der Waals surface area contributed by atoms with Crippen molar-refractivity contribution in [3.8, 4) is 0 Å². The first-order chi connectivity index (χ1) is 8.99. The predicted molar refractivity (Wildman–Crippen MR) is 76.2 cm³/mol. The normalized spacial score (nSPS) is 10.3. The molecule has 1 aromatic carbocycles. The van der Waals surface area contributed by atoms with Gasteiger partial charge in [-0.1, -0.05) is 34.8 Å². The van der Waals surface area contributed by atoms with Gasteiger partial charge in [-0.3, -0.25) is 4.79 Å². The molecule has 0 atom stereocenters. The van der Waals surface area contributed by atoms with E-state index in [0.717, 1.165) is 5.56 Å². The van der Waals surface area contributed by atoms with E-state index in [1.807, 2.05) is 0 Å². The van der Waals surface area contributed by atoms with Crippen LogP contribution in [0.5, 0.6) is 0 Å². The molecule has 7 heteroatoms. The smallest absolute Gasteiger partial charge is 0.256 e. The summed E-state index contributed by atoms with van der Waals surface area (Å²) in [5.41, 5.74) is 1.40. The minimum Gasteiger partial charge on any atom is -0.317 e. The number of amides is 1. The Bertz CT molecular complexity index is 626. The van der Waals surface area contributed by atoms with Gasteiger partial charge in [0, 0.05) is 10.6 Å². The molecule has 0 radical (unpaired) electrons. The Balaban J connectivity index is 2.31. The maximum absolute atomic E-state index is 12.1. The highest BCUT2D eigenvalue weighted by Gasteiger charge is 2.14. The summed E-state index contributed by atoms with van der Waals surface area (Å²) < 4.78 is 0. The van der Waals surface area contributed by atoms with E-state index in [-0.39, 0.29) is 21.9 Å². The van der Waals surface area contributed by atoms with Gasteiger partial charge in [0.05, 0.1) is 0 Å². The van der Waals surface area contributed by atoms with Crippen LogP contribution in [0.2, 0.25) is 15.3 Å². The zero-order valence-electron chi connectivity index (χ0n) is 9.75. The van der Waals surface area contributed by atoms with Crippen molar-refractivity contribution in [1.29, 1.82) is 0 Å². The highest BCUT2D eigenvalue weighted by molar-refractivity contribution is 6.38. The zero-order valence-corrected chi connectivity index (χ0v) is 12.0. The van der Waals surface area contributed by atoms with Crippen molar-refractivity contribution in [3.63, 3.8) is 0 Å². The molecule has 0 fully saturated rings. The van der Waals surface area contributed by atoms with Crippen LogP contribution in [0.3, 0.4) is 0 Å². The molecule has 0 unspecified atom stereocenters. The average Bonchev–Trinajstić information content (AvgIpc) is 2.33. The molecule has 4 nitrogen and oxygen atoms in total. The summed E-state index contributed by atoms with van der Waals surface area (Å²) in [6.07, 6.45) is 1.22. The molecule has 0 saturated heterocycles. The number of nitrogens with zero attached hydrogens (tertiary/aromatic N) is 2. The van der Waals surface area contributed by atoms with E-state index in [0.29, 0.717) is 10.6 Å². The maximum atomic E-state index is 12.1. The number of carbonyl (C=O) groups is 1. The van der Waals surface area contributed by atoms with E-state index in [1.54, 1.807) is 25.1 Å². The summed E-state index contributed by atoms with van der Waals surface area (Å²) in [5, 5.41) is 3.31. The summed E-state index contributed by atoms with van der Waals surface area (Å²) in [7, 11) is 0. The molecule has 0 saturated carbocycles. The van der Waals surface area contributed by atoms with Crippen LogP contribution < -0.4 is 5.32 Å². The molecule has 0 aliphatic carbocycles. The summed E-state index contributed by atoms with van der Waals surface area (Å²) in [5.74, 6) is -0.354. The monoisotopic (exact) mass is 315 g/mol. The number of rotatable bonds is 2. The summed E-state index contributed by atoms with van der Waals surface area (Å²) >= 11 is 17.5. The van der Waals surface area contributed by atoms with Crippen molar-refractivity contribution in [1.82, 2.24) is 9.97 Å². The quantitative estimate of drug-likeness (QED) is 0.852. The maximum Gasteiger partial charge on any atom is 0.256 e. The second-order valence-corrected chi connectivity index (χ2v) is 4.90. The molecule has 1 N–H and O–H groups in total. The van der Waals surface area contributed by atoms with E-state index in [9.17, 15) is 4.79 Å². The average molecular weight is 317 g/mol. The van der Waals surface area contributed by atoms with E-state index in [1.165, 1.54) is 6.33 Å². The first-order valence-electron chi connectivity index (χ1n) is 5.22. The van der Waals surface area contributed by atoms with Gasteiger partial charge in [-0.05, 0) is 30.7 Å². The molecular formula is C12H8Cl3N3O. The molecule has 0 aliphatic heterocycles. The van der Waals surface area contributed by atoms with Crippen molar-refractivity contribution in [2.75, 3.05) is 5.32 Å². The Morgan fingerprint density at radius 3 is 2.37 bits per heavy atom. The Hall–Kier alpha value is -1.36. The summed E-state index contributed by atoms with van der Waals surface area (Å²) in [6.45, 7) is 1.78. The zero-order chi connectivity index (χ0) is 14.0. The fourth-order valence-corrected chi connectivity index (χ4v) is 2.15. The first-order valence-corrected chi connectivity index (χ1v) is 6.36. The number of halogens is 3. The van der Waals surface area contributed by atoms with Gasteiger partial charge in [-0.25, -0.2) is 9.97 Å². The van der Waals surface area contributed by atoms with Gasteiger partial charge in [0.25, 0.3) is 5.91 Å². The lowest BCUT2D eigenvalue weighted by Gasteiger charge is -2.09. The van der Waals surface area contributed by atoms with Gasteiger partial charge in [0.2, 0.25) is 0 Å².